The van der Waals surface area contributed by atoms with Crippen molar-refractivity contribution in [1.82, 2.24) is 0 Å². The van der Waals surface area contributed by atoms with Crippen molar-refractivity contribution in [2.24, 2.45) is 11.8 Å². The van der Waals surface area contributed by atoms with E-state index in [1.54, 1.807) is 0 Å². The molecular formula is C28H36. The van der Waals surface area contributed by atoms with Crippen LogP contribution in [0.25, 0.3) is 0 Å². The van der Waals surface area contributed by atoms with Crippen LogP contribution in [0, 0.1) is 23.7 Å². The molecule has 0 heterocycles. The molecule has 0 spiro atoms. The van der Waals surface area contributed by atoms with Crippen LogP contribution in [0.4, 0.5) is 0 Å². The first kappa shape index (κ1) is 20.7. The van der Waals surface area contributed by atoms with Gasteiger partial charge in [-0.05, 0) is 79.3 Å². The predicted molar refractivity (Wildman–Crippen MR) is 122 cm³/mol. The summed E-state index contributed by atoms with van der Waals surface area (Å²) in [5.41, 5.74) is 5.11. The lowest BCUT2D eigenvalue weighted by atomic mass is 9.78. The van der Waals surface area contributed by atoms with Crippen LogP contribution in [0.5, 0.6) is 0 Å². The standard InChI is InChI=1S/C28H36/c1-3-5-7-24-8-10-25(11-9-24)12-13-26-16-20-28(21-17-26)22-27-18-14-23(6-4-2)15-19-27/h8-11,16-17,20-21,23,27H,3-7,14-15,18-19,22H2,1-2H3. The molecule has 2 aromatic carbocycles. The van der Waals surface area contributed by atoms with Gasteiger partial charge in [-0.1, -0.05) is 82.1 Å². The first-order valence-electron chi connectivity index (χ1n) is 11.5. The van der Waals surface area contributed by atoms with Gasteiger partial charge in [0.15, 0.2) is 0 Å². The van der Waals surface area contributed by atoms with E-state index in [1.807, 2.05) is 0 Å². The predicted octanol–water partition coefficient (Wildman–Crippen LogP) is 7.58. The average Bonchev–Trinajstić information content (AvgIpc) is 2.74. The summed E-state index contributed by atoms with van der Waals surface area (Å²) >= 11 is 0. The second kappa shape index (κ2) is 11.1. The first-order valence-corrected chi connectivity index (χ1v) is 11.5. The van der Waals surface area contributed by atoms with Gasteiger partial charge >= 0.3 is 0 Å². The molecule has 0 aromatic heterocycles. The zero-order valence-corrected chi connectivity index (χ0v) is 17.8. The number of benzene rings is 2. The quantitative estimate of drug-likeness (QED) is 0.439. The van der Waals surface area contributed by atoms with Crippen LogP contribution >= 0.6 is 0 Å². The van der Waals surface area contributed by atoms with E-state index in [4.69, 9.17) is 0 Å². The Morgan fingerprint density at radius 2 is 1.21 bits per heavy atom. The molecule has 1 aliphatic rings. The summed E-state index contributed by atoms with van der Waals surface area (Å²) in [6.07, 6.45) is 13.4. The van der Waals surface area contributed by atoms with Crippen molar-refractivity contribution in [3.63, 3.8) is 0 Å². The monoisotopic (exact) mass is 372 g/mol. The van der Waals surface area contributed by atoms with E-state index in [0.717, 1.165) is 23.0 Å². The Morgan fingerprint density at radius 3 is 1.75 bits per heavy atom. The molecule has 0 atom stereocenters. The Balaban J connectivity index is 1.50. The minimum Gasteiger partial charge on any atom is -0.0654 e. The molecule has 28 heavy (non-hydrogen) atoms. The van der Waals surface area contributed by atoms with Crippen LogP contribution in [0.2, 0.25) is 0 Å². The van der Waals surface area contributed by atoms with Crippen molar-refractivity contribution in [3.05, 3.63) is 70.8 Å². The van der Waals surface area contributed by atoms with Crippen LogP contribution in [0.15, 0.2) is 48.5 Å². The van der Waals surface area contributed by atoms with E-state index in [1.165, 1.54) is 75.3 Å². The summed E-state index contributed by atoms with van der Waals surface area (Å²) in [5.74, 6) is 8.52. The number of hydrogen-bond acceptors (Lipinski definition) is 0. The Morgan fingerprint density at radius 1 is 0.679 bits per heavy atom. The molecule has 0 unspecified atom stereocenters. The van der Waals surface area contributed by atoms with Gasteiger partial charge in [-0.25, -0.2) is 0 Å². The van der Waals surface area contributed by atoms with Gasteiger partial charge < -0.3 is 0 Å². The molecule has 0 aliphatic heterocycles. The van der Waals surface area contributed by atoms with E-state index in [0.29, 0.717) is 0 Å². The van der Waals surface area contributed by atoms with Gasteiger partial charge in [0.05, 0.1) is 0 Å². The second-order valence-electron chi connectivity index (χ2n) is 8.63. The topological polar surface area (TPSA) is 0 Å². The maximum Gasteiger partial charge on any atom is 0.0249 e. The molecule has 0 N–H and O–H groups in total. The van der Waals surface area contributed by atoms with Gasteiger partial charge in [0, 0.05) is 11.1 Å². The third-order valence-electron chi connectivity index (χ3n) is 6.27. The summed E-state index contributed by atoms with van der Waals surface area (Å²) in [6, 6.07) is 17.7. The lowest BCUT2D eigenvalue weighted by Crippen LogP contribution is -2.16. The largest absolute Gasteiger partial charge is 0.0654 e. The SMILES string of the molecule is CCCCc1ccc(C#Cc2ccc(CC3CCC(CCC)CC3)cc2)cc1. The number of hydrogen-bond donors (Lipinski definition) is 0. The van der Waals surface area contributed by atoms with Crippen molar-refractivity contribution < 1.29 is 0 Å². The second-order valence-corrected chi connectivity index (χ2v) is 8.63. The summed E-state index contributed by atoms with van der Waals surface area (Å²) in [6.45, 7) is 4.56. The van der Waals surface area contributed by atoms with Crippen LogP contribution in [0.1, 0.15) is 87.5 Å². The minimum atomic E-state index is 0.885. The van der Waals surface area contributed by atoms with Crippen molar-refractivity contribution in [3.8, 4) is 11.8 Å². The van der Waals surface area contributed by atoms with Gasteiger partial charge in [0.1, 0.15) is 0 Å². The van der Waals surface area contributed by atoms with E-state index in [2.05, 4.69) is 74.2 Å². The van der Waals surface area contributed by atoms with Crippen LogP contribution in [-0.2, 0) is 12.8 Å². The molecule has 1 aliphatic carbocycles. The van der Waals surface area contributed by atoms with Crippen LogP contribution in [-0.4, -0.2) is 0 Å². The number of rotatable bonds is 7. The highest BCUT2D eigenvalue weighted by Crippen LogP contribution is 2.33. The fourth-order valence-electron chi connectivity index (χ4n) is 4.47. The molecule has 1 fully saturated rings. The number of aryl methyl sites for hydroxylation is 1. The summed E-state index contributed by atoms with van der Waals surface area (Å²) in [4.78, 5) is 0. The molecular weight excluding hydrogens is 336 g/mol. The van der Waals surface area contributed by atoms with E-state index in [9.17, 15) is 0 Å². The first-order chi connectivity index (χ1) is 13.8. The molecule has 3 rings (SSSR count). The highest BCUT2D eigenvalue weighted by atomic mass is 14.3. The highest BCUT2D eigenvalue weighted by Gasteiger charge is 2.20. The van der Waals surface area contributed by atoms with Gasteiger partial charge in [-0.15, -0.1) is 0 Å². The molecule has 0 radical (unpaired) electrons. The molecule has 148 valence electrons. The third-order valence-corrected chi connectivity index (χ3v) is 6.27. The maximum atomic E-state index is 3.32. The zero-order valence-electron chi connectivity index (χ0n) is 17.8. The van der Waals surface area contributed by atoms with Crippen molar-refractivity contribution in [2.75, 3.05) is 0 Å². The highest BCUT2D eigenvalue weighted by molar-refractivity contribution is 5.44. The Bertz CT molecular complexity index is 746. The average molecular weight is 373 g/mol. The third kappa shape index (κ3) is 6.56. The smallest absolute Gasteiger partial charge is 0.0249 e. The van der Waals surface area contributed by atoms with Crippen molar-refractivity contribution >= 4 is 0 Å². The molecule has 0 heteroatoms. The minimum absolute atomic E-state index is 0.885. The normalized spacial score (nSPS) is 19.1. The molecule has 0 amide bonds. The Hall–Kier alpha value is -2.00. The molecule has 0 bridgehead atoms. The summed E-state index contributed by atoms with van der Waals surface area (Å²) in [5, 5.41) is 0. The molecule has 1 saturated carbocycles. The van der Waals surface area contributed by atoms with Crippen molar-refractivity contribution in [1.29, 1.82) is 0 Å². The van der Waals surface area contributed by atoms with Crippen molar-refractivity contribution in [2.45, 2.75) is 78.1 Å². The molecule has 0 nitrogen and oxygen atoms in total. The van der Waals surface area contributed by atoms with Crippen LogP contribution in [0.3, 0.4) is 0 Å². The van der Waals surface area contributed by atoms with Gasteiger partial charge in [0.2, 0.25) is 0 Å². The van der Waals surface area contributed by atoms with Gasteiger partial charge in [0.25, 0.3) is 0 Å². The summed E-state index contributed by atoms with van der Waals surface area (Å²) in [7, 11) is 0. The zero-order chi connectivity index (χ0) is 19.6. The van der Waals surface area contributed by atoms with Gasteiger partial charge in [-0.2, -0.15) is 0 Å². The van der Waals surface area contributed by atoms with E-state index < -0.39 is 0 Å². The molecule has 2 aromatic rings. The molecule has 0 saturated heterocycles. The van der Waals surface area contributed by atoms with E-state index >= 15 is 0 Å². The van der Waals surface area contributed by atoms with Crippen LogP contribution < -0.4 is 0 Å². The fourth-order valence-corrected chi connectivity index (χ4v) is 4.47. The summed E-state index contributed by atoms with van der Waals surface area (Å²) < 4.78 is 0. The lowest BCUT2D eigenvalue weighted by Gasteiger charge is -2.28. The number of unbranched alkanes of at least 4 members (excludes halogenated alkanes) is 1. The van der Waals surface area contributed by atoms with Gasteiger partial charge in [-0.3, -0.25) is 0 Å². The van der Waals surface area contributed by atoms with E-state index in [-0.39, 0.29) is 0 Å². The lowest BCUT2D eigenvalue weighted by molar-refractivity contribution is 0.261. The maximum absolute atomic E-state index is 3.32. The Kier molecular flexibility index (Phi) is 8.23. The Labute approximate surface area is 172 Å². The fraction of sp³-hybridized carbons (Fsp3) is 0.500.